The summed E-state index contributed by atoms with van der Waals surface area (Å²) in [6, 6.07) is 5.12. The van der Waals surface area contributed by atoms with Crippen molar-refractivity contribution >= 4 is 5.78 Å². The summed E-state index contributed by atoms with van der Waals surface area (Å²) in [6.45, 7) is 4.03. The molecule has 0 saturated heterocycles. The van der Waals surface area contributed by atoms with Crippen molar-refractivity contribution in [1.82, 2.24) is 0 Å². The lowest BCUT2D eigenvalue weighted by molar-refractivity contribution is -0.121. The van der Waals surface area contributed by atoms with Gasteiger partial charge in [0.25, 0.3) is 0 Å². The van der Waals surface area contributed by atoms with E-state index in [-0.39, 0.29) is 11.6 Å². The first-order chi connectivity index (χ1) is 9.52. The molecule has 0 N–H and O–H groups in total. The molecule has 20 heavy (non-hydrogen) atoms. The molecule has 1 aliphatic carbocycles. The molecule has 0 bridgehead atoms. The van der Waals surface area contributed by atoms with Crippen molar-refractivity contribution in [2.45, 2.75) is 44.9 Å². The molecule has 1 aliphatic rings. The van der Waals surface area contributed by atoms with Crippen LogP contribution in [0.1, 0.15) is 43.7 Å². The summed E-state index contributed by atoms with van der Waals surface area (Å²) in [7, 11) is 0. The van der Waals surface area contributed by atoms with Gasteiger partial charge in [0, 0.05) is 24.5 Å². The summed E-state index contributed by atoms with van der Waals surface area (Å²) in [4.78, 5) is 11.4. The quantitative estimate of drug-likeness (QED) is 0.849. The third-order valence-corrected chi connectivity index (χ3v) is 3.92. The first-order valence-electron chi connectivity index (χ1n) is 6.89. The van der Waals surface area contributed by atoms with Gasteiger partial charge in [0.15, 0.2) is 0 Å². The molecular weight excluding hydrogens is 257 g/mol. The molecule has 1 aromatic rings. The van der Waals surface area contributed by atoms with Gasteiger partial charge in [-0.15, -0.1) is 0 Å². The van der Waals surface area contributed by atoms with Gasteiger partial charge in [-0.2, -0.15) is 5.26 Å². The maximum absolute atomic E-state index is 13.6. The van der Waals surface area contributed by atoms with Crippen LogP contribution in [0.2, 0.25) is 0 Å². The van der Waals surface area contributed by atoms with Gasteiger partial charge in [-0.05, 0) is 38.3 Å². The Morgan fingerprint density at radius 2 is 2.05 bits per heavy atom. The Balaban J connectivity index is 2.54. The number of ketones is 1. The number of aryl methyl sites for hydroxylation is 1. The normalized spacial score (nSPS) is 17.6. The van der Waals surface area contributed by atoms with Crippen LogP contribution in [0.25, 0.3) is 0 Å². The number of halogens is 1. The number of carbonyl (C=O) groups is 1. The largest absolute Gasteiger partial charge is 0.493 e. The summed E-state index contributed by atoms with van der Waals surface area (Å²) in [5, 5.41) is 9.66. The first-order valence-corrected chi connectivity index (χ1v) is 6.89. The Labute approximate surface area is 118 Å². The summed E-state index contributed by atoms with van der Waals surface area (Å²) in [5.74, 6) is 0.254. The SMILES string of the molecule is CCOc1cc(F)cc(C)c1C1(C#N)CCC(=O)CC1. The Morgan fingerprint density at radius 1 is 1.40 bits per heavy atom. The Morgan fingerprint density at radius 3 is 2.60 bits per heavy atom. The molecule has 3 nitrogen and oxygen atoms in total. The molecule has 0 spiro atoms. The van der Waals surface area contributed by atoms with Crippen LogP contribution in [-0.2, 0) is 10.2 Å². The van der Waals surface area contributed by atoms with Crippen LogP contribution in [-0.4, -0.2) is 12.4 Å². The highest BCUT2D eigenvalue weighted by Gasteiger charge is 2.40. The molecule has 0 amide bonds. The summed E-state index contributed by atoms with van der Waals surface area (Å²) < 4.78 is 19.1. The average Bonchev–Trinajstić information content (AvgIpc) is 2.41. The Kier molecular flexibility index (Phi) is 4.08. The van der Waals surface area contributed by atoms with E-state index in [1.54, 1.807) is 6.92 Å². The van der Waals surface area contributed by atoms with Gasteiger partial charge in [-0.1, -0.05) is 0 Å². The van der Waals surface area contributed by atoms with Crippen molar-refractivity contribution in [1.29, 1.82) is 5.26 Å². The van der Waals surface area contributed by atoms with E-state index < -0.39 is 5.41 Å². The number of carbonyl (C=O) groups excluding carboxylic acids is 1. The maximum atomic E-state index is 13.6. The van der Waals surface area contributed by atoms with Crippen LogP contribution in [0.15, 0.2) is 12.1 Å². The highest BCUT2D eigenvalue weighted by Crippen LogP contribution is 2.44. The van der Waals surface area contributed by atoms with E-state index in [2.05, 4.69) is 6.07 Å². The van der Waals surface area contributed by atoms with Crippen molar-refractivity contribution in [3.8, 4) is 11.8 Å². The fraction of sp³-hybridized carbons (Fsp3) is 0.500. The zero-order valence-corrected chi connectivity index (χ0v) is 11.8. The van der Waals surface area contributed by atoms with E-state index in [4.69, 9.17) is 4.74 Å². The van der Waals surface area contributed by atoms with Gasteiger partial charge in [-0.25, -0.2) is 4.39 Å². The molecule has 0 heterocycles. The van der Waals surface area contributed by atoms with Gasteiger partial charge in [0.05, 0.1) is 18.1 Å². The second-order valence-electron chi connectivity index (χ2n) is 5.26. The lowest BCUT2D eigenvalue weighted by Crippen LogP contribution is -2.32. The number of Topliss-reactive ketones (excluding diaryl/α,β-unsaturated/α-hetero) is 1. The molecule has 0 aromatic heterocycles. The molecule has 0 radical (unpaired) electrons. The molecular formula is C16H18FNO2. The van der Waals surface area contributed by atoms with Crippen LogP contribution in [0.4, 0.5) is 4.39 Å². The molecule has 4 heteroatoms. The molecule has 2 rings (SSSR count). The van der Waals surface area contributed by atoms with Crippen LogP contribution in [0.3, 0.4) is 0 Å². The second-order valence-corrected chi connectivity index (χ2v) is 5.26. The summed E-state index contributed by atoms with van der Waals surface area (Å²) in [5.41, 5.74) is 0.719. The van der Waals surface area contributed by atoms with E-state index in [1.807, 2.05) is 6.92 Å². The third kappa shape index (κ3) is 2.53. The minimum Gasteiger partial charge on any atom is -0.493 e. The predicted octanol–water partition coefficient (Wildman–Crippen LogP) is 3.44. The summed E-state index contributed by atoms with van der Waals surface area (Å²) >= 11 is 0. The molecule has 0 unspecified atom stereocenters. The minimum atomic E-state index is -0.740. The van der Waals surface area contributed by atoms with Gasteiger partial charge in [0.2, 0.25) is 0 Å². The molecule has 106 valence electrons. The lowest BCUT2D eigenvalue weighted by Gasteiger charge is -2.33. The second kappa shape index (κ2) is 5.62. The lowest BCUT2D eigenvalue weighted by atomic mass is 9.68. The highest BCUT2D eigenvalue weighted by atomic mass is 19.1. The van der Waals surface area contributed by atoms with Crippen LogP contribution < -0.4 is 4.74 Å². The molecule has 1 saturated carbocycles. The fourth-order valence-electron chi connectivity index (χ4n) is 2.97. The minimum absolute atomic E-state index is 0.189. The summed E-state index contributed by atoms with van der Waals surface area (Å²) in [6.07, 6.45) is 1.76. The standard InChI is InChI=1S/C16H18FNO2/c1-3-20-14-9-12(17)8-11(2)15(14)16(10-18)6-4-13(19)5-7-16/h8-9H,3-7H2,1-2H3. The fourth-order valence-corrected chi connectivity index (χ4v) is 2.97. The predicted molar refractivity (Wildman–Crippen MR) is 73.1 cm³/mol. The van der Waals surface area contributed by atoms with Crippen molar-refractivity contribution in [2.75, 3.05) is 6.61 Å². The molecule has 0 atom stereocenters. The Bertz CT molecular complexity index is 565. The van der Waals surface area contributed by atoms with Gasteiger partial charge < -0.3 is 4.74 Å². The third-order valence-electron chi connectivity index (χ3n) is 3.92. The van der Waals surface area contributed by atoms with E-state index >= 15 is 0 Å². The Hall–Kier alpha value is -1.89. The highest BCUT2D eigenvalue weighted by molar-refractivity contribution is 5.80. The molecule has 1 aromatic carbocycles. The van der Waals surface area contributed by atoms with Crippen molar-refractivity contribution < 1.29 is 13.9 Å². The number of benzene rings is 1. The van der Waals surface area contributed by atoms with Crippen molar-refractivity contribution in [3.63, 3.8) is 0 Å². The number of ether oxygens (including phenoxy) is 1. The van der Waals surface area contributed by atoms with Gasteiger partial charge in [0.1, 0.15) is 17.3 Å². The number of hydrogen-bond donors (Lipinski definition) is 0. The van der Waals surface area contributed by atoms with Crippen molar-refractivity contribution in [2.24, 2.45) is 0 Å². The molecule has 0 aliphatic heterocycles. The van der Waals surface area contributed by atoms with Crippen molar-refractivity contribution in [3.05, 3.63) is 29.1 Å². The van der Waals surface area contributed by atoms with Crippen LogP contribution in [0.5, 0.6) is 5.75 Å². The first kappa shape index (κ1) is 14.5. The van der Waals surface area contributed by atoms with E-state index in [0.717, 1.165) is 5.56 Å². The van der Waals surface area contributed by atoms with E-state index in [9.17, 15) is 14.4 Å². The monoisotopic (exact) mass is 275 g/mol. The number of rotatable bonds is 3. The van der Waals surface area contributed by atoms with Crippen LogP contribution in [0, 0.1) is 24.1 Å². The maximum Gasteiger partial charge on any atom is 0.133 e. The topological polar surface area (TPSA) is 50.1 Å². The number of hydrogen-bond acceptors (Lipinski definition) is 3. The van der Waals surface area contributed by atoms with E-state index in [0.29, 0.717) is 43.6 Å². The zero-order valence-electron chi connectivity index (χ0n) is 11.8. The smallest absolute Gasteiger partial charge is 0.133 e. The number of nitrogens with zero attached hydrogens (tertiary/aromatic N) is 1. The number of nitriles is 1. The van der Waals surface area contributed by atoms with E-state index in [1.165, 1.54) is 12.1 Å². The van der Waals surface area contributed by atoms with Crippen LogP contribution >= 0.6 is 0 Å². The van der Waals surface area contributed by atoms with Gasteiger partial charge >= 0.3 is 0 Å². The van der Waals surface area contributed by atoms with Gasteiger partial charge in [-0.3, -0.25) is 4.79 Å². The average molecular weight is 275 g/mol. The molecule has 1 fully saturated rings. The zero-order chi connectivity index (χ0) is 14.8.